The van der Waals surface area contributed by atoms with Gasteiger partial charge in [-0.15, -0.1) is 0 Å². The summed E-state index contributed by atoms with van der Waals surface area (Å²) in [6.07, 6.45) is 2.59. The van der Waals surface area contributed by atoms with Gasteiger partial charge in [-0.25, -0.2) is 9.37 Å². The normalized spacial score (nSPS) is 13.8. The van der Waals surface area contributed by atoms with Crippen molar-refractivity contribution in [3.63, 3.8) is 0 Å². The molecular weight excluding hydrogens is 489 g/mol. The van der Waals surface area contributed by atoms with Gasteiger partial charge in [0.25, 0.3) is 5.91 Å². The fourth-order valence-corrected chi connectivity index (χ4v) is 4.49. The average Bonchev–Trinajstić information content (AvgIpc) is 3.37. The lowest BCUT2D eigenvalue weighted by atomic mass is 10.0. The Hall–Kier alpha value is -4.42. The predicted molar refractivity (Wildman–Crippen MR) is 139 cm³/mol. The fourth-order valence-electron chi connectivity index (χ4n) is 4.49. The smallest absolute Gasteiger partial charge is 0.253 e. The van der Waals surface area contributed by atoms with E-state index in [1.54, 1.807) is 56.6 Å². The van der Waals surface area contributed by atoms with E-state index >= 15 is 4.39 Å². The van der Waals surface area contributed by atoms with Gasteiger partial charge >= 0.3 is 0 Å². The quantitative estimate of drug-likeness (QED) is 0.337. The molecule has 4 aromatic rings. The lowest BCUT2D eigenvalue weighted by Gasteiger charge is -2.23. The van der Waals surface area contributed by atoms with Gasteiger partial charge in [-0.3, -0.25) is 4.79 Å². The highest BCUT2D eigenvalue weighted by molar-refractivity contribution is 5.96. The minimum absolute atomic E-state index is 0.0342. The third kappa shape index (κ3) is 4.78. The summed E-state index contributed by atoms with van der Waals surface area (Å²) in [5, 5.41) is 9.78. The first-order chi connectivity index (χ1) is 18.4. The molecule has 0 bridgehead atoms. The van der Waals surface area contributed by atoms with Crippen LogP contribution in [0.25, 0.3) is 33.6 Å². The molecule has 194 valence electrons. The van der Waals surface area contributed by atoms with E-state index in [2.05, 4.69) is 11.1 Å². The Kier molecular flexibility index (Phi) is 6.99. The van der Waals surface area contributed by atoms with Crippen LogP contribution in [-0.2, 0) is 4.74 Å². The Labute approximate surface area is 219 Å². The highest BCUT2D eigenvalue weighted by Gasteiger charge is 2.22. The van der Waals surface area contributed by atoms with Crippen LogP contribution in [0.4, 0.5) is 4.39 Å². The van der Waals surface area contributed by atoms with Crippen molar-refractivity contribution in [1.82, 2.24) is 9.88 Å². The molecule has 9 heteroatoms. The number of nitrogens with zero attached hydrogens (tertiary/aromatic N) is 3. The van der Waals surface area contributed by atoms with Crippen LogP contribution >= 0.6 is 0 Å². The zero-order chi connectivity index (χ0) is 26.8. The predicted octanol–water partition coefficient (Wildman–Crippen LogP) is 5.44. The molecule has 0 N–H and O–H groups in total. The van der Waals surface area contributed by atoms with Gasteiger partial charge in [-0.05, 0) is 35.9 Å². The van der Waals surface area contributed by atoms with Gasteiger partial charge in [0.15, 0.2) is 11.4 Å². The number of methoxy groups -OCH3 is 1. The summed E-state index contributed by atoms with van der Waals surface area (Å²) in [4.78, 5) is 18.1. The number of ether oxygens (including phenoxy) is 3. The van der Waals surface area contributed by atoms with E-state index in [1.165, 1.54) is 12.0 Å². The number of nitriles is 1. The third-order valence-electron chi connectivity index (χ3n) is 6.47. The van der Waals surface area contributed by atoms with Gasteiger partial charge in [0.05, 0.1) is 43.2 Å². The maximum Gasteiger partial charge on any atom is 0.253 e. The van der Waals surface area contributed by atoms with Crippen LogP contribution in [0.2, 0.25) is 0 Å². The van der Waals surface area contributed by atoms with Gasteiger partial charge < -0.3 is 23.5 Å². The summed E-state index contributed by atoms with van der Waals surface area (Å²) in [5.74, 6) is 0.536. The van der Waals surface area contributed by atoms with Gasteiger partial charge in [-0.2, -0.15) is 5.26 Å². The second-order valence-corrected chi connectivity index (χ2v) is 9.17. The lowest BCUT2D eigenvalue weighted by Crippen LogP contribution is -2.26. The van der Waals surface area contributed by atoms with Crippen molar-refractivity contribution in [3.8, 4) is 40.0 Å². The van der Waals surface area contributed by atoms with Gasteiger partial charge in [-0.1, -0.05) is 6.07 Å². The molecule has 0 atom stereocenters. The molecule has 2 aromatic carbocycles. The van der Waals surface area contributed by atoms with Gasteiger partial charge in [0.1, 0.15) is 34.9 Å². The second kappa shape index (κ2) is 10.5. The highest BCUT2D eigenvalue weighted by atomic mass is 19.1. The molecule has 0 spiro atoms. The van der Waals surface area contributed by atoms with E-state index in [-0.39, 0.29) is 23.2 Å². The molecule has 5 rings (SSSR count). The maximum atomic E-state index is 15.2. The van der Waals surface area contributed by atoms with Crippen molar-refractivity contribution in [2.24, 2.45) is 0 Å². The van der Waals surface area contributed by atoms with Crippen LogP contribution < -0.4 is 9.47 Å². The van der Waals surface area contributed by atoms with Crippen LogP contribution in [0.3, 0.4) is 0 Å². The number of pyridine rings is 1. The Morgan fingerprint density at radius 1 is 1.13 bits per heavy atom. The monoisotopic (exact) mass is 515 g/mol. The molecule has 2 aromatic heterocycles. The van der Waals surface area contributed by atoms with Gasteiger partial charge in [0, 0.05) is 38.6 Å². The van der Waals surface area contributed by atoms with Crippen LogP contribution in [0, 0.1) is 17.1 Å². The Bertz CT molecular complexity index is 1550. The Morgan fingerprint density at radius 3 is 2.63 bits per heavy atom. The van der Waals surface area contributed by atoms with Crippen LogP contribution in [0.1, 0.15) is 28.8 Å². The van der Waals surface area contributed by atoms with Crippen LogP contribution in [-0.4, -0.2) is 56.3 Å². The number of hydrogen-bond donors (Lipinski definition) is 0. The van der Waals surface area contributed by atoms with E-state index in [0.717, 1.165) is 19.0 Å². The first kappa shape index (κ1) is 25.2. The standard InChI is InChI=1S/C29H26FN3O5/c1-33(2)29(34)18-4-6-21(25(13-18)35-3)26-14-23-28(38-26)27(22(30)16-32-23)17-5-7-24(19(12-17)15-31)37-20-8-10-36-11-9-20/h4-7,12-14,16,20H,8-11H2,1-3H3. The lowest BCUT2D eigenvalue weighted by molar-refractivity contribution is 0.0254. The molecule has 1 aliphatic rings. The molecule has 8 nitrogen and oxygen atoms in total. The number of furan rings is 1. The molecule has 1 fully saturated rings. The summed E-state index contributed by atoms with van der Waals surface area (Å²) >= 11 is 0. The molecule has 0 unspecified atom stereocenters. The molecule has 1 saturated heterocycles. The Balaban J connectivity index is 1.55. The number of amides is 1. The third-order valence-corrected chi connectivity index (χ3v) is 6.47. The number of carbonyl (C=O) groups excluding carboxylic acids is 1. The Morgan fingerprint density at radius 2 is 1.92 bits per heavy atom. The van der Waals surface area contributed by atoms with E-state index < -0.39 is 5.82 Å². The van der Waals surface area contributed by atoms with E-state index in [0.29, 0.717) is 58.2 Å². The summed E-state index contributed by atoms with van der Waals surface area (Å²) < 4.78 is 38.2. The number of carbonyl (C=O) groups is 1. The van der Waals surface area contributed by atoms with E-state index in [9.17, 15) is 10.1 Å². The zero-order valence-corrected chi connectivity index (χ0v) is 21.3. The number of benzene rings is 2. The minimum atomic E-state index is -0.584. The van der Waals surface area contributed by atoms with Gasteiger partial charge in [0.2, 0.25) is 0 Å². The second-order valence-electron chi connectivity index (χ2n) is 9.17. The molecular formula is C29H26FN3O5. The zero-order valence-electron chi connectivity index (χ0n) is 21.3. The summed E-state index contributed by atoms with van der Waals surface area (Å²) in [6.45, 7) is 1.23. The van der Waals surface area contributed by atoms with Crippen molar-refractivity contribution in [2.45, 2.75) is 18.9 Å². The number of rotatable bonds is 6. The SMILES string of the molecule is COc1cc(C(=O)N(C)C)ccc1-c1cc2ncc(F)c(-c3ccc(OC4CCOCC4)c(C#N)c3)c2o1. The van der Waals surface area contributed by atoms with Crippen molar-refractivity contribution >= 4 is 17.0 Å². The topological polar surface area (TPSA) is 97.8 Å². The fraction of sp³-hybridized carbons (Fsp3) is 0.276. The molecule has 0 radical (unpaired) electrons. The molecule has 0 saturated carbocycles. The number of fused-ring (bicyclic) bond motifs is 1. The molecule has 38 heavy (non-hydrogen) atoms. The number of hydrogen-bond acceptors (Lipinski definition) is 7. The first-order valence-corrected chi connectivity index (χ1v) is 12.2. The first-order valence-electron chi connectivity index (χ1n) is 12.2. The molecule has 0 aliphatic carbocycles. The number of halogens is 1. The van der Waals surface area contributed by atoms with E-state index in [1.807, 2.05) is 0 Å². The van der Waals surface area contributed by atoms with E-state index in [4.69, 9.17) is 18.6 Å². The minimum Gasteiger partial charge on any atom is -0.496 e. The average molecular weight is 516 g/mol. The van der Waals surface area contributed by atoms with Crippen molar-refractivity contribution in [3.05, 3.63) is 65.6 Å². The van der Waals surface area contributed by atoms with Crippen LogP contribution in [0.15, 0.2) is 53.1 Å². The molecule has 3 heterocycles. The summed E-state index contributed by atoms with van der Waals surface area (Å²) in [6, 6.07) is 13.9. The summed E-state index contributed by atoms with van der Waals surface area (Å²) in [7, 11) is 4.85. The highest BCUT2D eigenvalue weighted by Crippen LogP contribution is 2.39. The molecule has 1 aliphatic heterocycles. The number of aromatic nitrogens is 1. The van der Waals surface area contributed by atoms with Crippen LogP contribution in [0.5, 0.6) is 11.5 Å². The maximum absolute atomic E-state index is 15.2. The summed E-state index contributed by atoms with van der Waals surface area (Å²) in [5.41, 5.74) is 2.67. The molecule has 1 amide bonds. The van der Waals surface area contributed by atoms with Crippen molar-refractivity contribution in [2.75, 3.05) is 34.4 Å². The largest absolute Gasteiger partial charge is 0.496 e. The van der Waals surface area contributed by atoms with Crippen molar-refractivity contribution in [1.29, 1.82) is 5.26 Å². The van der Waals surface area contributed by atoms with Crippen molar-refractivity contribution < 1.29 is 27.8 Å².